The molecule has 0 saturated carbocycles. The lowest BCUT2D eigenvalue weighted by atomic mass is 10.1. The summed E-state index contributed by atoms with van der Waals surface area (Å²) in [6.45, 7) is 0.906. The summed E-state index contributed by atoms with van der Waals surface area (Å²) in [5.41, 5.74) is 1.84. The minimum Gasteiger partial charge on any atom is -0.467 e. The first kappa shape index (κ1) is 16.0. The van der Waals surface area contributed by atoms with Gasteiger partial charge in [0.25, 0.3) is 0 Å². The van der Waals surface area contributed by atoms with Crippen LogP contribution in [0.4, 0.5) is 4.39 Å². The van der Waals surface area contributed by atoms with Gasteiger partial charge in [-0.2, -0.15) is 0 Å². The van der Waals surface area contributed by atoms with E-state index in [1.54, 1.807) is 29.4 Å². The van der Waals surface area contributed by atoms with E-state index in [1.165, 1.54) is 12.1 Å². The molecule has 0 atom stereocenters. The molecule has 0 aliphatic heterocycles. The van der Waals surface area contributed by atoms with E-state index in [0.717, 1.165) is 16.9 Å². The second-order valence-electron chi connectivity index (χ2n) is 5.62. The molecule has 2 aromatic carbocycles. The van der Waals surface area contributed by atoms with E-state index in [0.29, 0.717) is 13.1 Å². The van der Waals surface area contributed by atoms with Crippen molar-refractivity contribution in [2.75, 3.05) is 0 Å². The minimum atomic E-state index is -0.303. The number of hydrogen-bond donors (Lipinski definition) is 0. The molecule has 3 nitrogen and oxygen atoms in total. The predicted molar refractivity (Wildman–Crippen MR) is 89.5 cm³/mol. The van der Waals surface area contributed by atoms with Gasteiger partial charge < -0.3 is 9.32 Å². The number of nitrogens with zero attached hydrogens (tertiary/aromatic N) is 1. The number of carbonyl (C=O) groups is 1. The highest BCUT2D eigenvalue weighted by Gasteiger charge is 2.16. The Morgan fingerprint density at radius 1 is 0.875 bits per heavy atom. The molecule has 122 valence electrons. The maximum absolute atomic E-state index is 13.0. The first-order valence-corrected chi connectivity index (χ1v) is 7.79. The zero-order chi connectivity index (χ0) is 16.8. The van der Waals surface area contributed by atoms with Crippen LogP contribution >= 0.6 is 0 Å². The quantitative estimate of drug-likeness (QED) is 0.681. The molecule has 0 aliphatic rings. The van der Waals surface area contributed by atoms with Crippen LogP contribution in [-0.2, 0) is 24.3 Å². The average Bonchev–Trinajstić information content (AvgIpc) is 3.10. The molecule has 24 heavy (non-hydrogen) atoms. The van der Waals surface area contributed by atoms with Gasteiger partial charge in [0.1, 0.15) is 11.6 Å². The fourth-order valence-electron chi connectivity index (χ4n) is 2.52. The Morgan fingerprint density at radius 3 is 2.29 bits per heavy atom. The van der Waals surface area contributed by atoms with Crippen molar-refractivity contribution in [1.29, 1.82) is 0 Å². The van der Waals surface area contributed by atoms with E-state index in [4.69, 9.17) is 4.42 Å². The molecular formula is C20H18FNO2. The Balaban J connectivity index is 1.74. The highest BCUT2D eigenvalue weighted by Crippen LogP contribution is 2.13. The zero-order valence-corrected chi connectivity index (χ0v) is 13.2. The molecule has 0 saturated heterocycles. The predicted octanol–water partition coefficient (Wildman–Crippen LogP) is 4.19. The Hall–Kier alpha value is -2.88. The second-order valence-corrected chi connectivity index (χ2v) is 5.62. The van der Waals surface area contributed by atoms with Crippen molar-refractivity contribution in [3.05, 3.63) is 95.7 Å². The first-order chi connectivity index (χ1) is 11.7. The van der Waals surface area contributed by atoms with Crippen molar-refractivity contribution >= 4 is 5.91 Å². The van der Waals surface area contributed by atoms with Crippen LogP contribution in [0.1, 0.15) is 16.9 Å². The summed E-state index contributed by atoms with van der Waals surface area (Å²) >= 11 is 0. The van der Waals surface area contributed by atoms with Crippen LogP contribution in [0.15, 0.2) is 77.4 Å². The summed E-state index contributed by atoms with van der Waals surface area (Å²) in [4.78, 5) is 14.5. The molecular weight excluding hydrogens is 305 g/mol. The zero-order valence-electron chi connectivity index (χ0n) is 13.2. The van der Waals surface area contributed by atoms with Crippen molar-refractivity contribution < 1.29 is 13.6 Å². The lowest BCUT2D eigenvalue weighted by molar-refractivity contribution is -0.132. The van der Waals surface area contributed by atoms with Gasteiger partial charge in [0.05, 0.1) is 19.2 Å². The maximum Gasteiger partial charge on any atom is 0.227 e. The second kappa shape index (κ2) is 7.59. The number of hydrogen-bond acceptors (Lipinski definition) is 2. The number of carbonyl (C=O) groups excluding carboxylic acids is 1. The molecule has 1 amide bonds. The highest BCUT2D eigenvalue weighted by atomic mass is 19.1. The Kier molecular flexibility index (Phi) is 5.06. The SMILES string of the molecule is O=C(Cc1ccc(F)cc1)N(Cc1ccccc1)Cc1ccco1. The normalized spacial score (nSPS) is 10.5. The number of halogens is 1. The summed E-state index contributed by atoms with van der Waals surface area (Å²) in [5, 5.41) is 0. The van der Waals surface area contributed by atoms with Crippen molar-refractivity contribution in [3.8, 4) is 0 Å². The number of rotatable bonds is 6. The van der Waals surface area contributed by atoms with Crippen LogP contribution in [0.5, 0.6) is 0 Å². The van der Waals surface area contributed by atoms with Crippen molar-refractivity contribution in [3.63, 3.8) is 0 Å². The standard InChI is InChI=1S/C20H18FNO2/c21-18-10-8-16(9-11-18)13-20(23)22(15-19-7-4-12-24-19)14-17-5-2-1-3-6-17/h1-12H,13-15H2. The van der Waals surface area contributed by atoms with Crippen LogP contribution in [0.2, 0.25) is 0 Å². The third-order valence-corrected chi connectivity index (χ3v) is 3.76. The van der Waals surface area contributed by atoms with Gasteiger partial charge in [-0.3, -0.25) is 4.79 Å². The van der Waals surface area contributed by atoms with Crippen LogP contribution in [0, 0.1) is 5.82 Å². The number of amides is 1. The first-order valence-electron chi connectivity index (χ1n) is 7.79. The Labute approximate surface area is 140 Å². The van der Waals surface area contributed by atoms with Gasteiger partial charge in [-0.25, -0.2) is 4.39 Å². The summed E-state index contributed by atoms with van der Waals surface area (Å²) in [6.07, 6.45) is 1.83. The van der Waals surface area contributed by atoms with Gasteiger partial charge in [0, 0.05) is 6.54 Å². The third kappa shape index (κ3) is 4.32. The van der Waals surface area contributed by atoms with Gasteiger partial charge >= 0.3 is 0 Å². The molecule has 0 N–H and O–H groups in total. The van der Waals surface area contributed by atoms with Gasteiger partial charge in [0.15, 0.2) is 0 Å². The summed E-state index contributed by atoms with van der Waals surface area (Å²) in [7, 11) is 0. The van der Waals surface area contributed by atoms with Crippen molar-refractivity contribution in [2.24, 2.45) is 0 Å². The summed E-state index contributed by atoms with van der Waals surface area (Å²) in [5.74, 6) is 0.406. The van der Waals surface area contributed by atoms with E-state index in [1.807, 2.05) is 36.4 Å². The highest BCUT2D eigenvalue weighted by molar-refractivity contribution is 5.78. The maximum atomic E-state index is 13.0. The fourth-order valence-corrected chi connectivity index (χ4v) is 2.52. The summed E-state index contributed by atoms with van der Waals surface area (Å²) < 4.78 is 18.4. The smallest absolute Gasteiger partial charge is 0.227 e. The fraction of sp³-hybridized carbons (Fsp3) is 0.150. The lowest BCUT2D eigenvalue weighted by Crippen LogP contribution is -2.31. The third-order valence-electron chi connectivity index (χ3n) is 3.76. The van der Waals surface area contributed by atoms with Crippen LogP contribution in [0.3, 0.4) is 0 Å². The van der Waals surface area contributed by atoms with E-state index in [-0.39, 0.29) is 18.1 Å². The van der Waals surface area contributed by atoms with E-state index < -0.39 is 0 Å². The van der Waals surface area contributed by atoms with Gasteiger partial charge in [0.2, 0.25) is 5.91 Å². The van der Waals surface area contributed by atoms with E-state index in [9.17, 15) is 9.18 Å². The molecule has 3 aromatic rings. The lowest BCUT2D eigenvalue weighted by Gasteiger charge is -2.22. The monoisotopic (exact) mass is 323 g/mol. The molecule has 0 radical (unpaired) electrons. The molecule has 0 spiro atoms. The molecule has 0 aliphatic carbocycles. The number of benzene rings is 2. The Bertz CT molecular complexity index is 767. The van der Waals surface area contributed by atoms with E-state index >= 15 is 0 Å². The topological polar surface area (TPSA) is 33.5 Å². The average molecular weight is 323 g/mol. The van der Waals surface area contributed by atoms with Gasteiger partial charge in [-0.1, -0.05) is 42.5 Å². The minimum absolute atomic E-state index is 0.0261. The molecule has 0 unspecified atom stereocenters. The van der Waals surface area contributed by atoms with Crippen LogP contribution in [0.25, 0.3) is 0 Å². The molecule has 1 heterocycles. The summed E-state index contributed by atoms with van der Waals surface area (Å²) in [6, 6.07) is 19.5. The van der Waals surface area contributed by atoms with Gasteiger partial charge in [-0.15, -0.1) is 0 Å². The Morgan fingerprint density at radius 2 is 1.62 bits per heavy atom. The number of furan rings is 1. The van der Waals surface area contributed by atoms with Crippen LogP contribution in [-0.4, -0.2) is 10.8 Å². The molecule has 0 bridgehead atoms. The van der Waals surface area contributed by atoms with E-state index in [2.05, 4.69) is 0 Å². The largest absolute Gasteiger partial charge is 0.467 e. The van der Waals surface area contributed by atoms with Crippen molar-refractivity contribution in [1.82, 2.24) is 4.90 Å². The van der Waals surface area contributed by atoms with Crippen molar-refractivity contribution in [2.45, 2.75) is 19.5 Å². The molecule has 0 fully saturated rings. The molecule has 3 rings (SSSR count). The van der Waals surface area contributed by atoms with Gasteiger partial charge in [-0.05, 0) is 35.4 Å². The molecule has 1 aromatic heterocycles. The van der Waals surface area contributed by atoms with Crippen LogP contribution < -0.4 is 0 Å². The molecule has 4 heteroatoms.